The lowest BCUT2D eigenvalue weighted by molar-refractivity contribution is 0.0932. The molecule has 6 nitrogen and oxygen atoms in total. The van der Waals surface area contributed by atoms with Gasteiger partial charge in [-0.2, -0.15) is 5.10 Å². The minimum Gasteiger partial charge on any atom is -0.489 e. The summed E-state index contributed by atoms with van der Waals surface area (Å²) < 4.78 is 7.30. The van der Waals surface area contributed by atoms with E-state index in [-0.39, 0.29) is 17.6 Å². The van der Waals surface area contributed by atoms with Gasteiger partial charge in [-0.1, -0.05) is 25.1 Å². The van der Waals surface area contributed by atoms with Gasteiger partial charge in [0.05, 0.1) is 18.5 Å². The van der Waals surface area contributed by atoms with Gasteiger partial charge in [-0.25, -0.2) is 4.68 Å². The number of hydrogen-bond acceptors (Lipinski definition) is 4. The average molecular weight is 302 g/mol. The molecule has 22 heavy (non-hydrogen) atoms. The fourth-order valence-electron chi connectivity index (χ4n) is 1.90. The summed E-state index contributed by atoms with van der Waals surface area (Å²) >= 11 is 0. The number of para-hydroxylation sites is 1. The SMILES string of the molecule is CCCOc1cn(-c2ccccc2)nc1C(=O)N[C@@H](C)CN. The lowest BCUT2D eigenvalue weighted by atomic mass is 10.3. The van der Waals surface area contributed by atoms with Gasteiger partial charge >= 0.3 is 0 Å². The van der Waals surface area contributed by atoms with Crippen LogP contribution in [0.5, 0.6) is 5.75 Å². The Morgan fingerprint density at radius 3 is 2.77 bits per heavy atom. The maximum absolute atomic E-state index is 12.3. The highest BCUT2D eigenvalue weighted by atomic mass is 16.5. The van der Waals surface area contributed by atoms with Crippen molar-refractivity contribution in [3.63, 3.8) is 0 Å². The van der Waals surface area contributed by atoms with E-state index in [4.69, 9.17) is 10.5 Å². The van der Waals surface area contributed by atoms with Gasteiger partial charge in [0, 0.05) is 12.6 Å². The van der Waals surface area contributed by atoms with Gasteiger partial charge in [0.15, 0.2) is 11.4 Å². The molecule has 0 saturated carbocycles. The maximum atomic E-state index is 12.3. The highest BCUT2D eigenvalue weighted by Crippen LogP contribution is 2.20. The molecule has 0 radical (unpaired) electrons. The average Bonchev–Trinajstić information content (AvgIpc) is 2.97. The van der Waals surface area contributed by atoms with Gasteiger partial charge < -0.3 is 15.8 Å². The molecule has 2 rings (SSSR count). The van der Waals surface area contributed by atoms with Crippen molar-refractivity contribution in [1.82, 2.24) is 15.1 Å². The monoisotopic (exact) mass is 302 g/mol. The fraction of sp³-hybridized carbons (Fsp3) is 0.375. The molecular weight excluding hydrogens is 280 g/mol. The molecule has 0 aliphatic carbocycles. The zero-order valence-electron chi connectivity index (χ0n) is 13.0. The van der Waals surface area contributed by atoms with Crippen LogP contribution in [-0.4, -0.2) is 34.9 Å². The summed E-state index contributed by atoms with van der Waals surface area (Å²) in [6.07, 6.45) is 2.59. The number of carbonyl (C=O) groups is 1. The molecule has 3 N–H and O–H groups in total. The van der Waals surface area contributed by atoms with Crippen LogP contribution in [0.4, 0.5) is 0 Å². The Bertz CT molecular complexity index is 610. The largest absolute Gasteiger partial charge is 0.489 e. The van der Waals surface area contributed by atoms with Crippen molar-refractivity contribution < 1.29 is 9.53 Å². The lowest BCUT2D eigenvalue weighted by Crippen LogP contribution is -2.38. The van der Waals surface area contributed by atoms with Crippen molar-refractivity contribution in [3.8, 4) is 11.4 Å². The highest BCUT2D eigenvalue weighted by molar-refractivity contribution is 5.95. The molecule has 2 aromatic rings. The molecule has 1 atom stereocenters. The number of benzene rings is 1. The number of nitrogens with two attached hydrogens (primary N) is 1. The summed E-state index contributed by atoms with van der Waals surface area (Å²) in [6, 6.07) is 9.48. The molecule has 118 valence electrons. The number of rotatable bonds is 7. The summed E-state index contributed by atoms with van der Waals surface area (Å²) in [5, 5.41) is 7.17. The van der Waals surface area contributed by atoms with Crippen molar-refractivity contribution in [3.05, 3.63) is 42.2 Å². The Morgan fingerprint density at radius 2 is 2.14 bits per heavy atom. The molecule has 0 unspecified atom stereocenters. The third kappa shape index (κ3) is 3.85. The Labute approximate surface area is 130 Å². The van der Waals surface area contributed by atoms with E-state index >= 15 is 0 Å². The van der Waals surface area contributed by atoms with E-state index in [2.05, 4.69) is 10.4 Å². The van der Waals surface area contributed by atoms with Crippen LogP contribution in [0.1, 0.15) is 30.8 Å². The molecule has 1 amide bonds. The molecule has 6 heteroatoms. The van der Waals surface area contributed by atoms with Crippen LogP contribution in [-0.2, 0) is 0 Å². The molecule has 0 bridgehead atoms. The zero-order valence-corrected chi connectivity index (χ0v) is 13.0. The Morgan fingerprint density at radius 1 is 1.41 bits per heavy atom. The predicted octanol–water partition coefficient (Wildman–Crippen LogP) is 1.74. The van der Waals surface area contributed by atoms with Crippen molar-refractivity contribution in [2.45, 2.75) is 26.3 Å². The van der Waals surface area contributed by atoms with E-state index in [0.717, 1.165) is 12.1 Å². The quantitative estimate of drug-likeness (QED) is 0.816. The predicted molar refractivity (Wildman–Crippen MR) is 85.3 cm³/mol. The van der Waals surface area contributed by atoms with Gasteiger partial charge in [-0.05, 0) is 25.5 Å². The van der Waals surface area contributed by atoms with E-state index < -0.39 is 0 Å². The third-order valence-electron chi connectivity index (χ3n) is 3.11. The third-order valence-corrected chi connectivity index (χ3v) is 3.11. The second-order valence-electron chi connectivity index (χ2n) is 5.08. The molecule has 1 aromatic carbocycles. The number of nitrogens with one attached hydrogen (secondary N) is 1. The first-order valence-corrected chi connectivity index (χ1v) is 7.44. The normalized spacial score (nSPS) is 12.0. The summed E-state index contributed by atoms with van der Waals surface area (Å²) in [6.45, 7) is 4.76. The smallest absolute Gasteiger partial charge is 0.275 e. The minimum absolute atomic E-state index is 0.117. The van der Waals surface area contributed by atoms with E-state index in [1.807, 2.05) is 44.2 Å². The molecule has 0 fully saturated rings. The van der Waals surface area contributed by atoms with Crippen LogP contribution < -0.4 is 15.8 Å². The standard InChI is InChI=1S/C16H22N4O2/c1-3-9-22-14-11-20(13-7-5-4-6-8-13)19-15(14)16(21)18-12(2)10-17/h4-8,11-12H,3,9-10,17H2,1-2H3,(H,18,21)/t12-/m0/s1. The topological polar surface area (TPSA) is 82.2 Å². The number of nitrogens with zero attached hydrogens (tertiary/aromatic N) is 2. The number of ether oxygens (including phenoxy) is 1. The summed E-state index contributed by atoms with van der Waals surface area (Å²) in [4.78, 5) is 12.3. The number of amides is 1. The Kier molecular flexibility index (Phi) is 5.55. The van der Waals surface area contributed by atoms with Gasteiger partial charge in [0.1, 0.15) is 0 Å². The summed E-state index contributed by atoms with van der Waals surface area (Å²) in [5.74, 6) is 0.200. The number of carbonyl (C=O) groups excluding carboxylic acids is 1. The van der Waals surface area contributed by atoms with Crippen LogP contribution in [0, 0.1) is 0 Å². The Balaban J connectivity index is 2.30. The zero-order chi connectivity index (χ0) is 15.9. The number of hydrogen-bond donors (Lipinski definition) is 2. The maximum Gasteiger partial charge on any atom is 0.275 e. The first kappa shape index (κ1) is 16.0. The molecule has 0 saturated heterocycles. The van der Waals surface area contributed by atoms with Crippen LogP contribution in [0.2, 0.25) is 0 Å². The van der Waals surface area contributed by atoms with Crippen molar-refractivity contribution in [1.29, 1.82) is 0 Å². The molecule has 1 heterocycles. The summed E-state index contributed by atoms with van der Waals surface area (Å²) in [5.41, 5.74) is 6.69. The van der Waals surface area contributed by atoms with Crippen LogP contribution in [0.15, 0.2) is 36.5 Å². The highest BCUT2D eigenvalue weighted by Gasteiger charge is 2.20. The van der Waals surface area contributed by atoms with Crippen molar-refractivity contribution in [2.75, 3.05) is 13.2 Å². The molecular formula is C16H22N4O2. The van der Waals surface area contributed by atoms with Crippen molar-refractivity contribution >= 4 is 5.91 Å². The van der Waals surface area contributed by atoms with Gasteiger partial charge in [-0.15, -0.1) is 0 Å². The fourth-order valence-corrected chi connectivity index (χ4v) is 1.90. The van der Waals surface area contributed by atoms with Crippen LogP contribution in [0.25, 0.3) is 5.69 Å². The second-order valence-corrected chi connectivity index (χ2v) is 5.08. The Hall–Kier alpha value is -2.34. The first-order chi connectivity index (χ1) is 10.7. The number of aromatic nitrogens is 2. The first-order valence-electron chi connectivity index (χ1n) is 7.44. The van der Waals surface area contributed by atoms with E-state index in [1.54, 1.807) is 10.9 Å². The van der Waals surface area contributed by atoms with Crippen LogP contribution in [0.3, 0.4) is 0 Å². The van der Waals surface area contributed by atoms with Crippen LogP contribution >= 0.6 is 0 Å². The van der Waals surface area contributed by atoms with Crippen molar-refractivity contribution in [2.24, 2.45) is 5.73 Å². The minimum atomic E-state index is -0.279. The summed E-state index contributed by atoms with van der Waals surface area (Å²) in [7, 11) is 0. The molecule has 1 aromatic heterocycles. The second kappa shape index (κ2) is 7.61. The molecule has 0 aliphatic rings. The van der Waals surface area contributed by atoms with Gasteiger partial charge in [-0.3, -0.25) is 4.79 Å². The van der Waals surface area contributed by atoms with E-state index in [0.29, 0.717) is 18.9 Å². The van der Waals surface area contributed by atoms with Gasteiger partial charge in [0.2, 0.25) is 0 Å². The van der Waals surface area contributed by atoms with E-state index in [9.17, 15) is 4.79 Å². The lowest BCUT2D eigenvalue weighted by Gasteiger charge is -2.10. The van der Waals surface area contributed by atoms with E-state index in [1.165, 1.54) is 0 Å². The van der Waals surface area contributed by atoms with Gasteiger partial charge in [0.25, 0.3) is 5.91 Å². The molecule has 0 spiro atoms. The molecule has 0 aliphatic heterocycles.